The van der Waals surface area contributed by atoms with Crippen molar-refractivity contribution in [3.63, 3.8) is 0 Å². The van der Waals surface area contributed by atoms with Gasteiger partial charge in [-0.05, 0) is 25.7 Å². The van der Waals surface area contributed by atoms with Crippen LogP contribution in [0.1, 0.15) is 121 Å². The van der Waals surface area contributed by atoms with Gasteiger partial charge in [-0.15, -0.1) is 0 Å². The van der Waals surface area contributed by atoms with Crippen molar-refractivity contribution in [3.8, 4) is 0 Å². The fraction of sp³-hybridized carbons (Fsp3) is 0.864. The number of nitrogens with two attached hydrogens (primary N) is 1. The summed E-state index contributed by atoms with van der Waals surface area (Å²) in [4.78, 5) is 13.8. The number of nitrogens with zero attached hydrogens (tertiary/aromatic N) is 3. The molecule has 2 fully saturated rings. The minimum absolute atomic E-state index is 0.377. The van der Waals surface area contributed by atoms with Crippen LogP contribution in [0.2, 0.25) is 0 Å². The Balaban J connectivity index is 1.65. The van der Waals surface area contributed by atoms with Crippen LogP contribution in [0.25, 0.3) is 0 Å². The number of aromatic nitrogens is 3. The van der Waals surface area contributed by atoms with Gasteiger partial charge in [-0.1, -0.05) is 83.5 Å². The molecule has 0 saturated heterocycles. The van der Waals surface area contributed by atoms with Gasteiger partial charge in [0.05, 0.1) is 0 Å². The van der Waals surface area contributed by atoms with Crippen molar-refractivity contribution in [1.29, 1.82) is 0 Å². The Hall–Kier alpha value is -1.39. The van der Waals surface area contributed by atoms with Crippen LogP contribution in [0.5, 0.6) is 0 Å². The first-order valence-corrected chi connectivity index (χ1v) is 11.6. The molecule has 5 heteroatoms. The lowest BCUT2D eigenvalue weighted by atomic mass is 9.96. The van der Waals surface area contributed by atoms with Crippen LogP contribution in [0.3, 0.4) is 0 Å². The van der Waals surface area contributed by atoms with Gasteiger partial charge >= 0.3 is 0 Å². The van der Waals surface area contributed by atoms with Gasteiger partial charge in [0.1, 0.15) is 5.82 Å². The minimum Gasteiger partial charge on any atom is -0.368 e. The van der Waals surface area contributed by atoms with Crippen LogP contribution in [0.4, 0.5) is 11.9 Å². The number of nitrogen functional groups attached to an aromatic ring is 1. The van der Waals surface area contributed by atoms with Crippen molar-refractivity contribution in [2.75, 3.05) is 11.1 Å². The summed E-state index contributed by atoms with van der Waals surface area (Å²) in [5.41, 5.74) is 6.07. The fourth-order valence-electron chi connectivity index (χ4n) is 4.68. The van der Waals surface area contributed by atoms with E-state index in [0.29, 0.717) is 23.9 Å². The third-order valence-electron chi connectivity index (χ3n) is 6.33. The van der Waals surface area contributed by atoms with E-state index < -0.39 is 0 Å². The van der Waals surface area contributed by atoms with Gasteiger partial charge in [0, 0.05) is 12.0 Å². The summed E-state index contributed by atoms with van der Waals surface area (Å²) in [6.45, 7) is 0. The first-order chi connectivity index (χ1) is 13.3. The summed E-state index contributed by atoms with van der Waals surface area (Å²) in [6, 6.07) is 0.471. The van der Waals surface area contributed by atoms with Crippen molar-refractivity contribution in [1.82, 2.24) is 15.0 Å². The predicted molar refractivity (Wildman–Crippen MR) is 113 cm³/mol. The molecule has 0 spiro atoms. The van der Waals surface area contributed by atoms with E-state index in [9.17, 15) is 0 Å². The number of hydrogen-bond acceptors (Lipinski definition) is 5. The van der Waals surface area contributed by atoms with Gasteiger partial charge < -0.3 is 11.1 Å². The Labute approximate surface area is 165 Å². The molecule has 3 N–H and O–H groups in total. The van der Waals surface area contributed by atoms with Gasteiger partial charge in [0.15, 0.2) is 0 Å². The first kappa shape index (κ1) is 20.3. The van der Waals surface area contributed by atoms with Crippen LogP contribution in [0.15, 0.2) is 0 Å². The smallest absolute Gasteiger partial charge is 0.227 e. The molecule has 3 rings (SSSR count). The number of hydrogen-bond donors (Lipinski definition) is 2. The average Bonchev–Trinajstić information content (AvgIpc) is 2.80. The van der Waals surface area contributed by atoms with Crippen LogP contribution in [-0.4, -0.2) is 21.0 Å². The summed E-state index contributed by atoms with van der Waals surface area (Å²) in [5, 5.41) is 3.62. The van der Waals surface area contributed by atoms with Gasteiger partial charge in [-0.3, -0.25) is 0 Å². The van der Waals surface area contributed by atoms with Gasteiger partial charge in [0.25, 0.3) is 0 Å². The molecule has 0 bridgehead atoms. The monoisotopic (exact) mass is 373 g/mol. The van der Waals surface area contributed by atoms with E-state index in [4.69, 9.17) is 10.7 Å². The van der Waals surface area contributed by atoms with E-state index in [-0.39, 0.29) is 0 Å². The lowest BCUT2D eigenvalue weighted by Crippen LogP contribution is -2.23. The highest BCUT2D eigenvalue weighted by molar-refractivity contribution is 5.32. The molecule has 2 saturated carbocycles. The highest BCUT2D eigenvalue weighted by atomic mass is 15.2. The van der Waals surface area contributed by atoms with Crippen molar-refractivity contribution < 1.29 is 0 Å². The molecular formula is C22H39N5. The van der Waals surface area contributed by atoms with Crippen molar-refractivity contribution in [2.24, 2.45) is 0 Å². The molecule has 152 valence electrons. The molecule has 27 heavy (non-hydrogen) atoms. The summed E-state index contributed by atoms with van der Waals surface area (Å²) < 4.78 is 0. The molecule has 1 aromatic heterocycles. The Bertz CT molecular complexity index is 528. The molecule has 0 aliphatic heterocycles. The topological polar surface area (TPSA) is 76.7 Å². The second-order valence-electron chi connectivity index (χ2n) is 8.66. The average molecular weight is 374 g/mol. The zero-order chi connectivity index (χ0) is 18.7. The van der Waals surface area contributed by atoms with Crippen LogP contribution < -0.4 is 11.1 Å². The van der Waals surface area contributed by atoms with E-state index in [1.54, 1.807) is 0 Å². The Morgan fingerprint density at radius 3 is 1.63 bits per heavy atom. The lowest BCUT2D eigenvalue weighted by Gasteiger charge is -2.21. The predicted octanol–water partition coefficient (Wildman–Crippen LogP) is 5.98. The third-order valence-corrected chi connectivity index (χ3v) is 6.33. The van der Waals surface area contributed by atoms with Crippen LogP contribution >= 0.6 is 0 Å². The third kappa shape index (κ3) is 7.27. The minimum atomic E-state index is 0.377. The summed E-state index contributed by atoms with van der Waals surface area (Å²) in [6.07, 6.45) is 22.3. The fourth-order valence-corrected chi connectivity index (χ4v) is 4.68. The van der Waals surface area contributed by atoms with E-state index in [1.165, 1.54) is 109 Å². The summed E-state index contributed by atoms with van der Waals surface area (Å²) in [7, 11) is 0. The number of anilines is 2. The Morgan fingerprint density at radius 2 is 1.07 bits per heavy atom. The van der Waals surface area contributed by atoms with E-state index in [1.807, 2.05) is 0 Å². The number of nitrogens with one attached hydrogen (secondary N) is 1. The molecule has 1 heterocycles. The lowest BCUT2D eigenvalue weighted by molar-refractivity contribution is 0.474. The largest absolute Gasteiger partial charge is 0.368 e. The second-order valence-corrected chi connectivity index (χ2v) is 8.66. The zero-order valence-electron chi connectivity index (χ0n) is 17.1. The van der Waals surface area contributed by atoms with Gasteiger partial charge in [0.2, 0.25) is 11.9 Å². The van der Waals surface area contributed by atoms with Crippen molar-refractivity contribution in [3.05, 3.63) is 5.82 Å². The van der Waals surface area contributed by atoms with E-state index in [2.05, 4.69) is 15.3 Å². The first-order valence-electron chi connectivity index (χ1n) is 11.6. The van der Waals surface area contributed by atoms with Crippen LogP contribution in [-0.2, 0) is 0 Å². The Morgan fingerprint density at radius 1 is 0.593 bits per heavy atom. The molecule has 2 aliphatic carbocycles. The molecule has 5 nitrogen and oxygen atoms in total. The second kappa shape index (κ2) is 11.5. The standard InChI is InChI=1S/C22H39N5/c23-21-25-20(18-14-10-6-4-5-7-11-15-18)26-22(27-21)24-19-16-12-8-2-1-3-9-13-17-19/h18-19H,1-17H2,(H3,23,24,25,26,27). The summed E-state index contributed by atoms with van der Waals surface area (Å²) in [5.74, 6) is 2.45. The molecule has 0 unspecified atom stereocenters. The molecule has 0 amide bonds. The highest BCUT2D eigenvalue weighted by Crippen LogP contribution is 2.29. The quantitative estimate of drug-likeness (QED) is 0.682. The molecule has 0 radical (unpaired) electrons. The summed E-state index contributed by atoms with van der Waals surface area (Å²) >= 11 is 0. The zero-order valence-corrected chi connectivity index (χ0v) is 17.1. The molecule has 2 aliphatic rings. The molecule has 1 aromatic rings. The number of rotatable bonds is 3. The van der Waals surface area contributed by atoms with Crippen molar-refractivity contribution >= 4 is 11.9 Å². The van der Waals surface area contributed by atoms with Crippen molar-refractivity contribution in [2.45, 2.75) is 121 Å². The van der Waals surface area contributed by atoms with Gasteiger partial charge in [-0.2, -0.15) is 15.0 Å². The maximum absolute atomic E-state index is 6.07. The van der Waals surface area contributed by atoms with Crippen LogP contribution in [0, 0.1) is 0 Å². The van der Waals surface area contributed by atoms with E-state index >= 15 is 0 Å². The SMILES string of the molecule is Nc1nc(NC2CCCCCCCCC2)nc(C2CCCCCCCC2)n1. The maximum atomic E-state index is 6.07. The van der Waals surface area contributed by atoms with E-state index in [0.717, 1.165) is 5.82 Å². The molecular weight excluding hydrogens is 334 g/mol. The normalized spacial score (nSPS) is 22.4. The maximum Gasteiger partial charge on any atom is 0.227 e. The Kier molecular flexibility index (Phi) is 8.63. The van der Waals surface area contributed by atoms with Gasteiger partial charge in [-0.25, -0.2) is 0 Å². The highest BCUT2D eigenvalue weighted by Gasteiger charge is 2.19. The molecule has 0 aromatic carbocycles. The molecule has 0 atom stereocenters.